The van der Waals surface area contributed by atoms with Crippen LogP contribution in [-0.4, -0.2) is 35.4 Å². The van der Waals surface area contributed by atoms with Gasteiger partial charge in [0.15, 0.2) is 0 Å². The van der Waals surface area contributed by atoms with Crippen LogP contribution >= 0.6 is 0 Å². The Kier molecular flexibility index (Phi) is 11.4. The van der Waals surface area contributed by atoms with Crippen LogP contribution in [0, 0.1) is 18.8 Å². The highest BCUT2D eigenvalue weighted by Gasteiger charge is 2.42. The summed E-state index contributed by atoms with van der Waals surface area (Å²) in [6.07, 6.45) is 16.8. The number of pyridine rings is 1. The molecule has 202 valence electrons. The number of halogens is 2. The van der Waals surface area contributed by atoms with E-state index in [1.165, 1.54) is 36.0 Å². The molecular weight excluding hydrogens is 464 g/mol. The van der Waals surface area contributed by atoms with Crippen LogP contribution in [0.4, 0.5) is 14.6 Å². The Morgan fingerprint density at radius 2 is 1.81 bits per heavy atom. The molecule has 0 bridgehead atoms. The molecule has 2 aliphatic heterocycles. The molecule has 2 fully saturated rings. The van der Waals surface area contributed by atoms with Gasteiger partial charge in [-0.05, 0) is 86.6 Å². The second kappa shape index (κ2) is 14.5. The molecule has 1 aromatic carbocycles. The Morgan fingerprint density at radius 3 is 2.57 bits per heavy atom. The maximum absolute atomic E-state index is 15.0. The van der Waals surface area contributed by atoms with Crippen LogP contribution < -0.4 is 5.32 Å². The molecule has 3 heterocycles. The summed E-state index contributed by atoms with van der Waals surface area (Å²) in [5, 5.41) is 3.36. The van der Waals surface area contributed by atoms with Crippen molar-refractivity contribution in [3.63, 3.8) is 0 Å². The molecule has 5 heteroatoms. The SMILES string of the molecule is C#C.CC.FC(F)(CCCCc1ccc2c(n1)NCCC2)C1CCN(Cc2ccccc2C2CCC2)C1. The van der Waals surface area contributed by atoms with Crippen molar-refractivity contribution < 1.29 is 8.78 Å². The van der Waals surface area contributed by atoms with E-state index in [9.17, 15) is 0 Å². The predicted molar refractivity (Wildman–Crippen MR) is 151 cm³/mol. The highest BCUT2D eigenvalue weighted by Crippen LogP contribution is 2.40. The maximum Gasteiger partial charge on any atom is 0.252 e. The molecule has 1 saturated carbocycles. The van der Waals surface area contributed by atoms with Gasteiger partial charge in [0.25, 0.3) is 5.92 Å². The Bertz CT molecular complexity index is 983. The van der Waals surface area contributed by atoms with E-state index in [1.54, 1.807) is 0 Å². The van der Waals surface area contributed by atoms with Gasteiger partial charge in [-0.1, -0.05) is 50.6 Å². The molecule has 2 aromatic rings. The average molecular weight is 510 g/mol. The highest BCUT2D eigenvalue weighted by molar-refractivity contribution is 5.47. The lowest BCUT2D eigenvalue weighted by atomic mass is 9.78. The standard InChI is InChI=1S/C28H37F2N3.C2H6.C2H2/c29-28(30,16-4-3-11-25-14-13-22-10-6-17-31-27(22)32-25)24-15-18-33(20-24)19-23-7-1-2-12-26(23)21-8-5-9-21;2*1-2/h1-2,7,12-14,21,24H,3-6,8-11,15-20H2,(H,31,32);1-2H3;1-2H. The van der Waals surface area contributed by atoms with Crippen molar-refractivity contribution in [1.29, 1.82) is 0 Å². The van der Waals surface area contributed by atoms with E-state index in [0.29, 0.717) is 25.3 Å². The molecule has 0 radical (unpaired) electrons. The molecule has 3 aliphatic rings. The molecule has 0 amide bonds. The third kappa shape index (κ3) is 7.77. The Hall–Kier alpha value is -2.45. The van der Waals surface area contributed by atoms with Crippen molar-refractivity contribution in [1.82, 2.24) is 9.88 Å². The number of nitrogens with one attached hydrogen (secondary N) is 1. The van der Waals surface area contributed by atoms with Gasteiger partial charge < -0.3 is 5.32 Å². The van der Waals surface area contributed by atoms with Gasteiger partial charge in [0, 0.05) is 37.7 Å². The second-order valence-corrected chi connectivity index (χ2v) is 10.4. The smallest absolute Gasteiger partial charge is 0.252 e. The zero-order valence-corrected chi connectivity index (χ0v) is 22.8. The van der Waals surface area contributed by atoms with Crippen LogP contribution in [0.3, 0.4) is 0 Å². The van der Waals surface area contributed by atoms with Crippen LogP contribution in [-0.2, 0) is 19.4 Å². The molecule has 1 aromatic heterocycles. The van der Waals surface area contributed by atoms with E-state index in [1.807, 2.05) is 13.8 Å². The monoisotopic (exact) mass is 509 g/mol. The number of unbranched alkanes of at least 4 members (excludes halogenated alkanes) is 1. The Morgan fingerprint density at radius 1 is 1.03 bits per heavy atom. The number of rotatable bonds is 9. The van der Waals surface area contributed by atoms with Crippen molar-refractivity contribution in [2.75, 3.05) is 25.0 Å². The van der Waals surface area contributed by atoms with Crippen molar-refractivity contribution in [2.45, 2.75) is 96.4 Å². The van der Waals surface area contributed by atoms with Gasteiger partial charge in [-0.15, -0.1) is 12.8 Å². The van der Waals surface area contributed by atoms with Crippen molar-refractivity contribution in [3.8, 4) is 12.8 Å². The van der Waals surface area contributed by atoms with Gasteiger partial charge in [-0.3, -0.25) is 4.90 Å². The summed E-state index contributed by atoms with van der Waals surface area (Å²) in [7, 11) is 0. The molecule has 5 rings (SSSR count). The van der Waals surface area contributed by atoms with Gasteiger partial charge in [0.05, 0.1) is 0 Å². The quantitative estimate of drug-likeness (QED) is 0.276. The van der Waals surface area contributed by atoms with Gasteiger partial charge in [-0.25, -0.2) is 13.8 Å². The number of fused-ring (bicyclic) bond motifs is 1. The summed E-state index contributed by atoms with van der Waals surface area (Å²) in [5.74, 6) is -1.41. The van der Waals surface area contributed by atoms with Crippen LogP contribution in [0.1, 0.15) is 93.5 Å². The fourth-order valence-corrected chi connectivity index (χ4v) is 5.74. The number of aromatic nitrogens is 1. The molecule has 0 spiro atoms. The van der Waals surface area contributed by atoms with Crippen LogP contribution in [0.2, 0.25) is 0 Å². The van der Waals surface area contributed by atoms with Crippen LogP contribution in [0.15, 0.2) is 36.4 Å². The molecule has 37 heavy (non-hydrogen) atoms. The summed E-state index contributed by atoms with van der Waals surface area (Å²) in [5.41, 5.74) is 5.09. The average Bonchev–Trinajstić information content (AvgIpc) is 3.39. The molecule has 3 nitrogen and oxygen atoms in total. The fraction of sp³-hybridized carbons (Fsp3) is 0.594. The zero-order chi connectivity index (χ0) is 26.7. The molecule has 1 aliphatic carbocycles. The first-order chi connectivity index (χ1) is 18.1. The summed E-state index contributed by atoms with van der Waals surface area (Å²) in [6.45, 7) is 7.09. The number of aryl methyl sites for hydroxylation is 2. The first kappa shape index (κ1) is 29.1. The summed E-state index contributed by atoms with van der Waals surface area (Å²) < 4.78 is 30.0. The number of nitrogens with zero attached hydrogens (tertiary/aromatic N) is 2. The van der Waals surface area contributed by atoms with E-state index in [-0.39, 0.29) is 6.42 Å². The predicted octanol–water partition coefficient (Wildman–Crippen LogP) is 7.85. The highest BCUT2D eigenvalue weighted by atomic mass is 19.3. The lowest BCUT2D eigenvalue weighted by Gasteiger charge is -2.29. The minimum absolute atomic E-state index is 0.00659. The van der Waals surface area contributed by atoms with Crippen molar-refractivity contribution in [2.24, 2.45) is 5.92 Å². The summed E-state index contributed by atoms with van der Waals surface area (Å²) in [4.78, 5) is 6.95. The van der Waals surface area contributed by atoms with Crippen LogP contribution in [0.5, 0.6) is 0 Å². The number of hydrogen-bond donors (Lipinski definition) is 1. The van der Waals surface area contributed by atoms with Gasteiger partial charge >= 0.3 is 0 Å². The minimum Gasteiger partial charge on any atom is -0.370 e. The maximum atomic E-state index is 15.0. The molecule has 1 atom stereocenters. The molecule has 1 N–H and O–H groups in total. The Balaban J connectivity index is 0.000000907. The van der Waals surface area contributed by atoms with Crippen LogP contribution in [0.25, 0.3) is 0 Å². The number of benzene rings is 1. The number of likely N-dealkylation sites (tertiary alicyclic amines) is 1. The number of terminal acetylenes is 1. The first-order valence-electron chi connectivity index (χ1n) is 14.3. The molecule has 1 unspecified atom stereocenters. The number of hydrogen-bond acceptors (Lipinski definition) is 3. The van der Waals surface area contributed by atoms with E-state index < -0.39 is 11.8 Å². The van der Waals surface area contributed by atoms with E-state index in [4.69, 9.17) is 4.98 Å². The number of anilines is 1. The van der Waals surface area contributed by atoms with E-state index in [2.05, 4.69) is 59.5 Å². The lowest BCUT2D eigenvalue weighted by Crippen LogP contribution is -2.31. The first-order valence-corrected chi connectivity index (χ1v) is 14.3. The Labute approximate surface area is 223 Å². The van der Waals surface area contributed by atoms with E-state index >= 15 is 8.78 Å². The lowest BCUT2D eigenvalue weighted by molar-refractivity contribution is -0.0630. The van der Waals surface area contributed by atoms with Crippen molar-refractivity contribution in [3.05, 3.63) is 58.8 Å². The minimum atomic E-state index is -2.58. The topological polar surface area (TPSA) is 28.2 Å². The van der Waals surface area contributed by atoms with Gasteiger partial charge in [0.1, 0.15) is 5.82 Å². The summed E-state index contributed by atoms with van der Waals surface area (Å²) >= 11 is 0. The third-order valence-electron chi connectivity index (χ3n) is 8.01. The summed E-state index contributed by atoms with van der Waals surface area (Å²) in [6, 6.07) is 12.9. The zero-order valence-electron chi connectivity index (χ0n) is 22.8. The largest absolute Gasteiger partial charge is 0.370 e. The third-order valence-corrected chi connectivity index (χ3v) is 8.01. The molecular formula is C32H45F2N3. The van der Waals surface area contributed by atoms with E-state index in [0.717, 1.165) is 56.8 Å². The molecule has 1 saturated heterocycles. The second-order valence-electron chi connectivity index (χ2n) is 10.4. The van der Waals surface area contributed by atoms with Crippen molar-refractivity contribution >= 4 is 5.82 Å². The normalized spacial score (nSPS) is 19.4. The van der Waals surface area contributed by atoms with Gasteiger partial charge in [0.2, 0.25) is 0 Å². The number of alkyl halides is 2. The fourth-order valence-electron chi connectivity index (χ4n) is 5.74. The van der Waals surface area contributed by atoms with Gasteiger partial charge in [-0.2, -0.15) is 0 Å².